The molecule has 0 spiro atoms. The summed E-state index contributed by atoms with van der Waals surface area (Å²) in [6, 6.07) is 11.8. The molecule has 0 amide bonds. The number of ether oxygens (including phenoxy) is 2. The first-order valence-electron chi connectivity index (χ1n) is 13.4. The quantitative estimate of drug-likeness (QED) is 0.384. The van der Waals surface area contributed by atoms with Crippen LogP contribution in [0.2, 0.25) is 0 Å². The highest BCUT2D eigenvalue weighted by Gasteiger charge is 2.38. The molecule has 8 heteroatoms. The molecule has 0 bridgehead atoms. The zero-order chi connectivity index (χ0) is 27.4. The molecular weight excluding hydrogens is 493 g/mol. The van der Waals surface area contributed by atoms with E-state index in [9.17, 15) is 18.0 Å². The van der Waals surface area contributed by atoms with E-state index >= 15 is 0 Å². The lowest BCUT2D eigenvalue weighted by Gasteiger charge is -2.42. The van der Waals surface area contributed by atoms with Gasteiger partial charge in [-0.2, -0.15) is 0 Å². The van der Waals surface area contributed by atoms with Crippen molar-refractivity contribution in [1.29, 1.82) is 0 Å². The normalized spacial score (nSPS) is 23.7. The number of esters is 1. The number of amidine groups is 1. The van der Waals surface area contributed by atoms with Gasteiger partial charge in [-0.05, 0) is 90.3 Å². The first-order valence-corrected chi connectivity index (χ1v) is 13.4. The van der Waals surface area contributed by atoms with E-state index in [-0.39, 0.29) is 18.1 Å². The number of fused-ring (bicyclic) bond motifs is 1. The molecule has 1 N–H and O–H groups in total. The molecule has 1 heterocycles. The number of alkyl halides is 3. The van der Waals surface area contributed by atoms with E-state index < -0.39 is 6.36 Å². The van der Waals surface area contributed by atoms with Crippen molar-refractivity contribution in [2.75, 3.05) is 12.4 Å². The highest BCUT2D eigenvalue weighted by Crippen LogP contribution is 2.49. The summed E-state index contributed by atoms with van der Waals surface area (Å²) in [5, 5.41) is 3.31. The summed E-state index contributed by atoms with van der Waals surface area (Å²) < 4.78 is 46.5. The lowest BCUT2D eigenvalue weighted by Crippen LogP contribution is -2.32. The van der Waals surface area contributed by atoms with Gasteiger partial charge in [-0.25, -0.2) is 4.99 Å². The molecule has 4 atom stereocenters. The molecule has 1 aliphatic carbocycles. The molecule has 1 fully saturated rings. The van der Waals surface area contributed by atoms with Crippen molar-refractivity contribution in [3.63, 3.8) is 0 Å². The van der Waals surface area contributed by atoms with Crippen LogP contribution in [-0.4, -0.2) is 25.3 Å². The van der Waals surface area contributed by atoms with Crippen LogP contribution in [0.3, 0.4) is 0 Å². The molecule has 5 nitrogen and oxygen atoms in total. The third-order valence-electron chi connectivity index (χ3n) is 7.98. The highest BCUT2D eigenvalue weighted by atomic mass is 19.4. The smallest absolute Gasteiger partial charge is 0.469 e. The monoisotopic (exact) mass is 530 g/mol. The molecular formula is C30H37F3N2O3. The standard InChI is InChI=1S/C30H37F3N2O3/c1-18(2)23-11-5-19(3)15-26(23)24-13-14-28(34-21-7-9-22(10-8-21)38-30(31,32)33)35-27-16-20(6-12-25(24)27)17-29(36)37-4/h6-10,12,16,18-19,23-24,26H,5,11,13-15,17H2,1-4H3,(H,34,35)/t19-,23+,24?,26-/m1/s1. The first kappa shape index (κ1) is 28.0. The minimum Gasteiger partial charge on any atom is -0.469 e. The zero-order valence-corrected chi connectivity index (χ0v) is 22.5. The number of carbonyl (C=O) groups is 1. The van der Waals surface area contributed by atoms with Gasteiger partial charge in [0, 0.05) is 12.1 Å². The molecule has 1 saturated carbocycles. The predicted molar refractivity (Wildman–Crippen MR) is 143 cm³/mol. The molecule has 0 saturated heterocycles. The number of hydrogen-bond acceptors (Lipinski definition) is 5. The van der Waals surface area contributed by atoms with Gasteiger partial charge in [0.2, 0.25) is 0 Å². The second kappa shape index (κ2) is 11.8. The summed E-state index contributed by atoms with van der Waals surface area (Å²) in [6.07, 6.45) is 0.740. The van der Waals surface area contributed by atoms with Gasteiger partial charge in [0.05, 0.1) is 19.2 Å². The third kappa shape index (κ3) is 7.08. The van der Waals surface area contributed by atoms with Crippen LogP contribution in [0.25, 0.3) is 0 Å². The van der Waals surface area contributed by atoms with Gasteiger partial charge in [0.15, 0.2) is 0 Å². The van der Waals surface area contributed by atoms with Gasteiger partial charge in [0.25, 0.3) is 0 Å². The number of benzene rings is 2. The molecule has 0 aromatic heterocycles. The summed E-state index contributed by atoms with van der Waals surface area (Å²) in [6.45, 7) is 6.98. The van der Waals surface area contributed by atoms with Crippen molar-refractivity contribution in [2.45, 2.75) is 71.6 Å². The van der Waals surface area contributed by atoms with Crippen LogP contribution >= 0.6 is 0 Å². The Morgan fingerprint density at radius 2 is 1.84 bits per heavy atom. The number of carbonyl (C=O) groups excluding carboxylic acids is 1. The molecule has 1 aliphatic heterocycles. The number of halogens is 3. The molecule has 38 heavy (non-hydrogen) atoms. The van der Waals surface area contributed by atoms with Gasteiger partial charge in [-0.15, -0.1) is 13.2 Å². The Bertz CT molecular complexity index is 1140. The van der Waals surface area contributed by atoms with Gasteiger partial charge >= 0.3 is 12.3 Å². The van der Waals surface area contributed by atoms with E-state index in [2.05, 4.69) is 36.9 Å². The maximum atomic E-state index is 12.5. The SMILES string of the molecule is COC(=O)Cc1ccc2c(c1)N=C(Nc1ccc(OC(F)(F)F)cc1)CCC2[C@@H]1C[C@H](C)CC[C@H]1C(C)C. The summed E-state index contributed by atoms with van der Waals surface area (Å²) in [4.78, 5) is 16.9. The fourth-order valence-corrected chi connectivity index (χ4v) is 6.18. The average molecular weight is 531 g/mol. The van der Waals surface area contributed by atoms with Crippen molar-refractivity contribution < 1.29 is 27.4 Å². The molecule has 0 radical (unpaired) electrons. The number of hydrogen-bond donors (Lipinski definition) is 1. The Morgan fingerprint density at radius 1 is 1.11 bits per heavy atom. The lowest BCUT2D eigenvalue weighted by molar-refractivity contribution is -0.274. The summed E-state index contributed by atoms with van der Waals surface area (Å²) in [7, 11) is 1.38. The summed E-state index contributed by atoms with van der Waals surface area (Å²) >= 11 is 0. The second-order valence-electron chi connectivity index (χ2n) is 11.0. The van der Waals surface area contributed by atoms with Crippen LogP contribution in [0.4, 0.5) is 24.5 Å². The van der Waals surface area contributed by atoms with Crippen molar-refractivity contribution in [3.05, 3.63) is 53.6 Å². The van der Waals surface area contributed by atoms with Crippen LogP contribution in [-0.2, 0) is 16.0 Å². The zero-order valence-electron chi connectivity index (χ0n) is 22.5. The highest BCUT2D eigenvalue weighted by molar-refractivity contribution is 5.97. The molecule has 4 rings (SSSR count). The second-order valence-corrected chi connectivity index (χ2v) is 11.0. The van der Waals surface area contributed by atoms with E-state index in [1.54, 1.807) is 12.1 Å². The number of nitrogens with one attached hydrogen (secondary N) is 1. The fourth-order valence-electron chi connectivity index (χ4n) is 6.18. The molecule has 2 aliphatic rings. The minimum atomic E-state index is -4.73. The van der Waals surface area contributed by atoms with Crippen LogP contribution in [0.5, 0.6) is 5.75 Å². The maximum Gasteiger partial charge on any atom is 0.573 e. The van der Waals surface area contributed by atoms with Crippen LogP contribution in [0, 0.1) is 23.7 Å². The summed E-state index contributed by atoms with van der Waals surface area (Å²) in [5.41, 5.74) is 3.52. The Morgan fingerprint density at radius 3 is 2.50 bits per heavy atom. The maximum absolute atomic E-state index is 12.5. The molecule has 2 aromatic rings. The number of rotatable bonds is 6. The van der Waals surface area contributed by atoms with Crippen LogP contribution in [0.15, 0.2) is 47.5 Å². The lowest BCUT2D eigenvalue weighted by atomic mass is 9.63. The van der Waals surface area contributed by atoms with Gasteiger partial charge in [-0.3, -0.25) is 4.79 Å². The molecule has 1 unspecified atom stereocenters. The van der Waals surface area contributed by atoms with Crippen LogP contribution in [0.1, 0.15) is 69.9 Å². The van der Waals surface area contributed by atoms with Gasteiger partial charge in [0.1, 0.15) is 11.6 Å². The topological polar surface area (TPSA) is 59.9 Å². The Balaban J connectivity index is 1.64. The van der Waals surface area contributed by atoms with Gasteiger partial charge in [-0.1, -0.05) is 39.3 Å². The molecule has 2 aromatic carbocycles. The summed E-state index contributed by atoms with van der Waals surface area (Å²) in [5.74, 6) is 2.95. The Labute approximate surface area is 222 Å². The Kier molecular flexibility index (Phi) is 8.68. The number of anilines is 1. The van der Waals surface area contributed by atoms with Gasteiger partial charge < -0.3 is 14.8 Å². The van der Waals surface area contributed by atoms with E-state index in [0.717, 1.165) is 23.5 Å². The molecule has 206 valence electrons. The first-order chi connectivity index (χ1) is 18.0. The minimum absolute atomic E-state index is 0.169. The van der Waals surface area contributed by atoms with Crippen molar-refractivity contribution in [2.24, 2.45) is 28.7 Å². The van der Waals surface area contributed by atoms with E-state index in [0.29, 0.717) is 41.7 Å². The number of nitrogens with zero attached hydrogens (tertiary/aromatic N) is 1. The number of methoxy groups -OCH3 is 1. The van der Waals surface area contributed by atoms with E-state index in [1.165, 1.54) is 44.1 Å². The third-order valence-corrected chi connectivity index (χ3v) is 7.98. The van der Waals surface area contributed by atoms with E-state index in [4.69, 9.17) is 9.73 Å². The largest absolute Gasteiger partial charge is 0.573 e. The average Bonchev–Trinajstić information content (AvgIpc) is 3.02. The van der Waals surface area contributed by atoms with E-state index in [1.807, 2.05) is 12.1 Å². The van der Waals surface area contributed by atoms with Crippen molar-refractivity contribution in [3.8, 4) is 5.75 Å². The predicted octanol–water partition coefficient (Wildman–Crippen LogP) is 8.03. The van der Waals surface area contributed by atoms with Crippen LogP contribution < -0.4 is 10.1 Å². The van der Waals surface area contributed by atoms with Crippen molar-refractivity contribution in [1.82, 2.24) is 0 Å². The Hall–Kier alpha value is -3.03. The van der Waals surface area contributed by atoms with Crippen molar-refractivity contribution >= 4 is 23.2 Å². The number of aliphatic imine (C=N–C) groups is 1. The fraction of sp³-hybridized carbons (Fsp3) is 0.533.